The Balaban J connectivity index is 3.61. The number of hydrogen-bond acceptors (Lipinski definition) is 1. The van der Waals surface area contributed by atoms with Gasteiger partial charge in [0.2, 0.25) is 0 Å². The molecule has 0 aromatic heterocycles. The van der Waals surface area contributed by atoms with Crippen molar-refractivity contribution in [1.82, 2.24) is 5.09 Å². The van der Waals surface area contributed by atoms with Gasteiger partial charge in [-0.2, -0.15) is 0 Å². The smallest absolute Gasteiger partial charge is 0.197 e. The largest absolute Gasteiger partial charge is 0.295 e. The number of nitrogens with one attached hydrogen (secondary N) is 1. The number of thiol groups is 1. The minimum atomic E-state index is -2.21. The number of hydrogen-bond donors (Lipinski definition) is 2. The summed E-state index contributed by atoms with van der Waals surface area (Å²) in [5, 5.41) is 2.61. The first kappa shape index (κ1) is 7.54. The van der Waals surface area contributed by atoms with Crippen molar-refractivity contribution in [2.24, 2.45) is 0 Å². The molecule has 0 radical (unpaired) electrons. The number of rotatable bonds is 2. The van der Waals surface area contributed by atoms with Gasteiger partial charge < -0.3 is 0 Å². The zero-order chi connectivity index (χ0) is 5.91. The molecule has 0 fully saturated rings. The molecule has 0 heterocycles. The van der Waals surface area contributed by atoms with Gasteiger partial charge in [-0.3, -0.25) is 9.65 Å². The van der Waals surface area contributed by atoms with Crippen molar-refractivity contribution in [1.29, 1.82) is 0 Å². The molecule has 4 heteroatoms. The van der Waals surface area contributed by atoms with E-state index in [1.165, 1.54) is 0 Å². The van der Waals surface area contributed by atoms with E-state index in [0.29, 0.717) is 6.16 Å². The standard InChI is InChI=1S/C3H10NOPS/c1-3-6(5,7)4-2/h3H2,1-2H3,(H2,4,5,7). The highest BCUT2D eigenvalue weighted by Crippen LogP contribution is 2.44. The minimum Gasteiger partial charge on any atom is -0.295 e. The van der Waals surface area contributed by atoms with Crippen LogP contribution in [0.2, 0.25) is 0 Å². The molecule has 44 valence electrons. The lowest BCUT2D eigenvalue weighted by molar-refractivity contribution is 0.581. The quantitative estimate of drug-likeness (QED) is 0.446. The highest BCUT2D eigenvalue weighted by Gasteiger charge is 2.06. The molecule has 0 saturated heterocycles. The van der Waals surface area contributed by atoms with Crippen LogP contribution in [0.4, 0.5) is 0 Å². The van der Waals surface area contributed by atoms with Crippen LogP contribution in [-0.4, -0.2) is 13.2 Å². The van der Waals surface area contributed by atoms with Crippen LogP contribution in [0.1, 0.15) is 6.92 Å². The summed E-state index contributed by atoms with van der Waals surface area (Å²) >= 11 is 3.83. The van der Waals surface area contributed by atoms with E-state index in [1.54, 1.807) is 7.05 Å². The van der Waals surface area contributed by atoms with Gasteiger partial charge in [0.05, 0.1) is 0 Å². The summed E-state index contributed by atoms with van der Waals surface area (Å²) in [7, 11) is 1.65. The van der Waals surface area contributed by atoms with Crippen LogP contribution >= 0.6 is 18.7 Å². The van der Waals surface area contributed by atoms with Crippen molar-refractivity contribution in [3.8, 4) is 0 Å². The van der Waals surface area contributed by atoms with E-state index < -0.39 is 6.49 Å². The average Bonchev–Trinajstić information content (AvgIpc) is 1.68. The molecule has 0 aromatic rings. The Morgan fingerprint density at radius 3 is 2.29 bits per heavy atom. The predicted octanol–water partition coefficient (Wildman–Crippen LogP) is 1.35. The topological polar surface area (TPSA) is 29.1 Å². The summed E-state index contributed by atoms with van der Waals surface area (Å²) in [6.07, 6.45) is 0.604. The van der Waals surface area contributed by atoms with E-state index >= 15 is 0 Å². The Labute approximate surface area is 49.3 Å². The highest BCUT2D eigenvalue weighted by atomic mass is 32.7. The Morgan fingerprint density at radius 1 is 1.86 bits per heavy atom. The van der Waals surface area contributed by atoms with Gasteiger partial charge >= 0.3 is 0 Å². The summed E-state index contributed by atoms with van der Waals surface area (Å²) < 4.78 is 10.7. The molecule has 1 unspecified atom stereocenters. The first-order chi connectivity index (χ1) is 3.12. The summed E-state index contributed by atoms with van der Waals surface area (Å²) in [4.78, 5) is 0. The molecule has 0 aliphatic carbocycles. The fraction of sp³-hybridized carbons (Fsp3) is 1.00. The lowest BCUT2D eigenvalue weighted by atomic mass is 11.0. The summed E-state index contributed by atoms with van der Waals surface area (Å²) in [6.45, 7) is -0.372. The summed E-state index contributed by atoms with van der Waals surface area (Å²) in [5.74, 6) is 0. The molecular formula is C3H10NOPS. The van der Waals surface area contributed by atoms with Crippen LogP contribution in [0, 0.1) is 0 Å². The Kier molecular flexibility index (Phi) is 2.96. The molecular weight excluding hydrogens is 129 g/mol. The molecule has 2 nitrogen and oxygen atoms in total. The normalized spacial score (nSPS) is 18.7. The molecule has 0 rings (SSSR count). The summed E-state index contributed by atoms with van der Waals surface area (Å²) in [6, 6.07) is 0. The fourth-order valence-electron chi connectivity index (χ4n) is 0.158. The van der Waals surface area contributed by atoms with Crippen LogP contribution in [-0.2, 0) is 4.57 Å². The first-order valence-corrected chi connectivity index (χ1v) is 5.17. The Bertz CT molecular complexity index is 86.9. The molecule has 1 atom stereocenters. The second kappa shape index (κ2) is 2.75. The Hall–Kier alpha value is 0.540. The molecule has 0 amide bonds. The van der Waals surface area contributed by atoms with Gasteiger partial charge in [0.1, 0.15) is 0 Å². The summed E-state index contributed by atoms with van der Waals surface area (Å²) in [5.41, 5.74) is 0. The van der Waals surface area contributed by atoms with E-state index in [2.05, 4.69) is 17.3 Å². The van der Waals surface area contributed by atoms with Crippen molar-refractivity contribution in [3.05, 3.63) is 0 Å². The third-order valence-electron chi connectivity index (χ3n) is 0.778. The van der Waals surface area contributed by atoms with E-state index in [0.717, 1.165) is 0 Å². The van der Waals surface area contributed by atoms with E-state index in [9.17, 15) is 4.57 Å². The molecule has 0 bridgehead atoms. The van der Waals surface area contributed by atoms with E-state index in [1.807, 2.05) is 6.92 Å². The minimum absolute atomic E-state index is 0.604. The third-order valence-corrected chi connectivity index (χ3v) is 3.78. The van der Waals surface area contributed by atoms with Crippen LogP contribution in [0.5, 0.6) is 0 Å². The van der Waals surface area contributed by atoms with E-state index in [-0.39, 0.29) is 0 Å². The van der Waals surface area contributed by atoms with E-state index in [4.69, 9.17) is 0 Å². The average molecular weight is 139 g/mol. The van der Waals surface area contributed by atoms with Crippen LogP contribution < -0.4 is 5.09 Å². The van der Waals surface area contributed by atoms with Gasteiger partial charge in [0.25, 0.3) is 0 Å². The van der Waals surface area contributed by atoms with Crippen molar-refractivity contribution < 1.29 is 4.57 Å². The fourth-order valence-corrected chi connectivity index (χ4v) is 0.474. The van der Waals surface area contributed by atoms with Crippen LogP contribution in [0.15, 0.2) is 0 Å². The third kappa shape index (κ3) is 3.15. The molecule has 0 saturated carbocycles. The maximum absolute atomic E-state index is 10.7. The van der Waals surface area contributed by atoms with Gasteiger partial charge in [-0.15, -0.1) is 0 Å². The maximum atomic E-state index is 10.7. The van der Waals surface area contributed by atoms with Gasteiger partial charge in [0.15, 0.2) is 6.49 Å². The van der Waals surface area contributed by atoms with Crippen LogP contribution in [0.25, 0.3) is 0 Å². The molecule has 0 aliphatic heterocycles. The molecule has 0 spiro atoms. The van der Waals surface area contributed by atoms with Crippen molar-refractivity contribution in [2.45, 2.75) is 6.92 Å². The molecule has 0 aliphatic rings. The maximum Gasteiger partial charge on any atom is 0.197 e. The lowest BCUT2D eigenvalue weighted by Gasteiger charge is -2.03. The monoisotopic (exact) mass is 139 g/mol. The highest BCUT2D eigenvalue weighted by molar-refractivity contribution is 8.47. The molecule has 0 aromatic carbocycles. The van der Waals surface area contributed by atoms with Gasteiger partial charge in [0, 0.05) is 6.16 Å². The van der Waals surface area contributed by atoms with Gasteiger partial charge in [-0.1, -0.05) is 19.2 Å². The Morgan fingerprint density at radius 2 is 2.29 bits per heavy atom. The van der Waals surface area contributed by atoms with Crippen molar-refractivity contribution in [3.63, 3.8) is 0 Å². The predicted molar refractivity (Wildman–Crippen MR) is 36.2 cm³/mol. The second-order valence-corrected chi connectivity index (χ2v) is 5.66. The zero-order valence-corrected chi connectivity index (χ0v) is 6.30. The van der Waals surface area contributed by atoms with Gasteiger partial charge in [-0.05, 0) is 7.05 Å². The molecule has 1 N–H and O–H groups in total. The van der Waals surface area contributed by atoms with Crippen molar-refractivity contribution in [2.75, 3.05) is 13.2 Å². The van der Waals surface area contributed by atoms with Gasteiger partial charge in [-0.25, -0.2) is 0 Å². The van der Waals surface area contributed by atoms with Crippen molar-refractivity contribution >= 4 is 18.7 Å². The zero-order valence-electron chi connectivity index (χ0n) is 4.51. The SMILES string of the molecule is CCP(=O)(S)NC. The first-order valence-electron chi connectivity index (χ1n) is 2.13. The van der Waals surface area contributed by atoms with Crippen LogP contribution in [0.3, 0.4) is 0 Å². The molecule has 7 heavy (non-hydrogen) atoms. The lowest BCUT2D eigenvalue weighted by Crippen LogP contribution is -1.98. The second-order valence-electron chi connectivity index (χ2n) is 1.24.